The summed E-state index contributed by atoms with van der Waals surface area (Å²) in [5, 5.41) is 12.4. The van der Waals surface area contributed by atoms with Gasteiger partial charge in [-0.05, 0) is 54.2 Å². The number of benzene rings is 1. The number of hydrogen-bond donors (Lipinski definition) is 2. The first kappa shape index (κ1) is 16.6. The van der Waals surface area contributed by atoms with E-state index in [0.29, 0.717) is 12.5 Å². The molecule has 0 bridgehead atoms. The van der Waals surface area contributed by atoms with E-state index in [-0.39, 0.29) is 6.61 Å². The molecular weight excluding hydrogens is 302 g/mol. The van der Waals surface area contributed by atoms with Gasteiger partial charge in [0.15, 0.2) is 0 Å². The maximum absolute atomic E-state index is 9.00. The lowest BCUT2D eigenvalue weighted by atomic mass is 10.0. The van der Waals surface area contributed by atoms with Crippen molar-refractivity contribution >= 4 is 11.5 Å². The zero-order chi connectivity index (χ0) is 16.9. The van der Waals surface area contributed by atoms with Crippen LogP contribution in [0.4, 0.5) is 11.5 Å². The zero-order valence-electron chi connectivity index (χ0n) is 14.3. The number of rotatable bonds is 8. The van der Waals surface area contributed by atoms with Crippen LogP contribution in [-0.4, -0.2) is 37.4 Å². The van der Waals surface area contributed by atoms with E-state index in [9.17, 15) is 0 Å². The average molecular weight is 327 g/mol. The molecule has 1 aliphatic rings. The van der Waals surface area contributed by atoms with Crippen molar-refractivity contribution in [2.45, 2.75) is 25.3 Å². The average Bonchev–Trinajstić information content (AvgIpc) is 3.45. The number of methoxy groups -OCH3 is 1. The highest BCUT2D eigenvalue weighted by atomic mass is 16.5. The monoisotopic (exact) mass is 327 g/mol. The number of aromatic nitrogens is 1. The summed E-state index contributed by atoms with van der Waals surface area (Å²) in [6.07, 6.45) is 4.39. The van der Waals surface area contributed by atoms with Gasteiger partial charge in [0, 0.05) is 20.1 Å². The molecule has 1 saturated carbocycles. The van der Waals surface area contributed by atoms with Gasteiger partial charge >= 0.3 is 0 Å². The predicted octanol–water partition coefficient (Wildman–Crippen LogP) is 3.01. The highest BCUT2D eigenvalue weighted by Gasteiger charge is 2.26. The van der Waals surface area contributed by atoms with Gasteiger partial charge in [0.2, 0.25) is 0 Å². The van der Waals surface area contributed by atoms with Crippen LogP contribution in [0.2, 0.25) is 0 Å². The molecule has 0 unspecified atom stereocenters. The molecule has 24 heavy (non-hydrogen) atoms. The number of ether oxygens (including phenoxy) is 1. The molecule has 0 aliphatic heterocycles. The van der Waals surface area contributed by atoms with E-state index < -0.39 is 0 Å². The molecule has 3 rings (SSSR count). The number of nitrogens with one attached hydrogen (secondary N) is 1. The molecule has 0 saturated heterocycles. The maximum Gasteiger partial charge on any atom is 0.126 e. The summed E-state index contributed by atoms with van der Waals surface area (Å²) in [6.45, 7) is 1.47. The first-order valence-corrected chi connectivity index (χ1v) is 8.40. The summed E-state index contributed by atoms with van der Waals surface area (Å²) in [5.41, 5.74) is 3.69. The fourth-order valence-electron chi connectivity index (χ4n) is 2.84. The number of likely N-dealkylation sites (N-methyl/N-ethyl adjacent to an activating group) is 1. The van der Waals surface area contributed by atoms with Crippen molar-refractivity contribution in [3.05, 3.63) is 47.7 Å². The van der Waals surface area contributed by atoms with Crippen LogP contribution in [0.25, 0.3) is 0 Å². The standard InChI is InChI=1S/C19H25N3O2/c1-22(9-10-23)16-5-8-19(21-13-16)20-12-15-11-17(24-2)6-7-18(15)14-3-4-14/h5-8,11,13-14,23H,3-4,9-10,12H2,1-2H3,(H,20,21). The molecule has 1 aromatic carbocycles. The van der Waals surface area contributed by atoms with Crippen LogP contribution in [0.1, 0.15) is 29.9 Å². The Kier molecular flexibility index (Phi) is 5.20. The van der Waals surface area contributed by atoms with Crippen LogP contribution >= 0.6 is 0 Å². The molecule has 5 nitrogen and oxygen atoms in total. The van der Waals surface area contributed by atoms with Gasteiger partial charge in [-0.25, -0.2) is 4.98 Å². The molecule has 1 fully saturated rings. The first-order chi connectivity index (χ1) is 11.7. The number of pyridine rings is 1. The molecule has 5 heteroatoms. The summed E-state index contributed by atoms with van der Waals surface area (Å²) in [7, 11) is 3.64. The number of nitrogens with zero attached hydrogens (tertiary/aromatic N) is 2. The van der Waals surface area contributed by atoms with E-state index in [1.807, 2.05) is 36.3 Å². The van der Waals surface area contributed by atoms with E-state index in [1.54, 1.807) is 7.11 Å². The summed E-state index contributed by atoms with van der Waals surface area (Å²) >= 11 is 0. The Bertz CT molecular complexity index is 669. The Balaban J connectivity index is 1.67. The molecule has 0 radical (unpaired) electrons. The molecule has 0 spiro atoms. The van der Waals surface area contributed by atoms with Crippen LogP contribution in [0.5, 0.6) is 5.75 Å². The third-order valence-electron chi connectivity index (χ3n) is 4.45. The van der Waals surface area contributed by atoms with Gasteiger partial charge in [-0.2, -0.15) is 0 Å². The Labute approximate surface area is 143 Å². The minimum Gasteiger partial charge on any atom is -0.497 e. The SMILES string of the molecule is COc1ccc(C2CC2)c(CNc2ccc(N(C)CCO)cn2)c1. The first-order valence-electron chi connectivity index (χ1n) is 8.40. The molecule has 2 aromatic rings. The van der Waals surface area contributed by atoms with Gasteiger partial charge in [0.1, 0.15) is 11.6 Å². The van der Waals surface area contributed by atoms with Gasteiger partial charge in [-0.1, -0.05) is 6.07 Å². The van der Waals surface area contributed by atoms with Crippen molar-refractivity contribution in [1.82, 2.24) is 4.98 Å². The van der Waals surface area contributed by atoms with E-state index in [1.165, 1.54) is 24.0 Å². The normalized spacial score (nSPS) is 13.6. The number of anilines is 2. The number of aliphatic hydroxyl groups is 1. The Hall–Kier alpha value is -2.27. The molecule has 2 N–H and O–H groups in total. The van der Waals surface area contributed by atoms with Crippen molar-refractivity contribution in [3.63, 3.8) is 0 Å². The van der Waals surface area contributed by atoms with Crippen LogP contribution in [-0.2, 0) is 6.54 Å². The third-order valence-corrected chi connectivity index (χ3v) is 4.45. The molecule has 1 heterocycles. The lowest BCUT2D eigenvalue weighted by Gasteiger charge is -2.18. The minimum absolute atomic E-state index is 0.135. The predicted molar refractivity (Wildman–Crippen MR) is 96.9 cm³/mol. The smallest absolute Gasteiger partial charge is 0.126 e. The largest absolute Gasteiger partial charge is 0.497 e. The van der Waals surface area contributed by atoms with E-state index in [4.69, 9.17) is 9.84 Å². The number of aliphatic hydroxyl groups excluding tert-OH is 1. The third kappa shape index (κ3) is 3.97. The van der Waals surface area contributed by atoms with Crippen molar-refractivity contribution in [2.24, 2.45) is 0 Å². The molecule has 0 amide bonds. The van der Waals surface area contributed by atoms with E-state index in [0.717, 1.165) is 23.8 Å². The fraction of sp³-hybridized carbons (Fsp3) is 0.421. The molecule has 0 atom stereocenters. The quantitative estimate of drug-likeness (QED) is 0.780. The second-order valence-electron chi connectivity index (χ2n) is 6.24. The van der Waals surface area contributed by atoms with Crippen LogP contribution in [0.15, 0.2) is 36.5 Å². The molecule has 1 aromatic heterocycles. The topological polar surface area (TPSA) is 57.6 Å². The Morgan fingerprint density at radius 2 is 2.12 bits per heavy atom. The van der Waals surface area contributed by atoms with Crippen molar-refractivity contribution in [2.75, 3.05) is 37.5 Å². The van der Waals surface area contributed by atoms with Gasteiger partial charge < -0.3 is 20.1 Å². The van der Waals surface area contributed by atoms with E-state index >= 15 is 0 Å². The van der Waals surface area contributed by atoms with Gasteiger partial charge in [0.25, 0.3) is 0 Å². The summed E-state index contributed by atoms with van der Waals surface area (Å²) < 4.78 is 5.36. The second kappa shape index (κ2) is 7.53. The van der Waals surface area contributed by atoms with Crippen LogP contribution in [0.3, 0.4) is 0 Å². The lowest BCUT2D eigenvalue weighted by Crippen LogP contribution is -2.21. The minimum atomic E-state index is 0.135. The maximum atomic E-state index is 9.00. The highest BCUT2D eigenvalue weighted by Crippen LogP contribution is 2.42. The number of hydrogen-bond acceptors (Lipinski definition) is 5. The van der Waals surface area contributed by atoms with Crippen molar-refractivity contribution in [1.29, 1.82) is 0 Å². The lowest BCUT2D eigenvalue weighted by molar-refractivity contribution is 0.304. The van der Waals surface area contributed by atoms with Gasteiger partial charge in [0.05, 0.1) is 25.6 Å². The molecule has 128 valence electrons. The van der Waals surface area contributed by atoms with Crippen molar-refractivity contribution < 1.29 is 9.84 Å². The highest BCUT2D eigenvalue weighted by molar-refractivity contribution is 5.49. The van der Waals surface area contributed by atoms with Crippen molar-refractivity contribution in [3.8, 4) is 5.75 Å². The summed E-state index contributed by atoms with van der Waals surface area (Å²) in [6, 6.07) is 10.3. The Morgan fingerprint density at radius 1 is 1.29 bits per heavy atom. The molecular formula is C19H25N3O2. The van der Waals surface area contributed by atoms with Gasteiger partial charge in [-0.15, -0.1) is 0 Å². The molecule has 1 aliphatic carbocycles. The summed E-state index contributed by atoms with van der Waals surface area (Å²) in [4.78, 5) is 6.44. The Morgan fingerprint density at radius 3 is 2.75 bits per heavy atom. The second-order valence-corrected chi connectivity index (χ2v) is 6.24. The van der Waals surface area contributed by atoms with Crippen LogP contribution < -0.4 is 15.0 Å². The summed E-state index contributed by atoms with van der Waals surface area (Å²) in [5.74, 6) is 2.45. The fourth-order valence-corrected chi connectivity index (χ4v) is 2.84. The van der Waals surface area contributed by atoms with Crippen LogP contribution in [0, 0.1) is 0 Å². The van der Waals surface area contributed by atoms with E-state index in [2.05, 4.69) is 22.4 Å². The van der Waals surface area contributed by atoms with Gasteiger partial charge in [-0.3, -0.25) is 0 Å². The zero-order valence-corrected chi connectivity index (χ0v) is 14.3.